The number of nitrogens with one attached hydrogen (secondary N) is 1. The molecule has 1 rings (SSSR count). The first-order valence-electron chi connectivity index (χ1n) is 8.24. The Morgan fingerprint density at radius 2 is 2.00 bits per heavy atom. The van der Waals surface area contributed by atoms with Crippen molar-refractivity contribution in [2.24, 2.45) is 5.92 Å². The van der Waals surface area contributed by atoms with Crippen LogP contribution in [0.5, 0.6) is 0 Å². The van der Waals surface area contributed by atoms with Gasteiger partial charge in [-0.05, 0) is 25.7 Å². The maximum absolute atomic E-state index is 5.65. The highest BCUT2D eigenvalue weighted by Crippen LogP contribution is 2.15. The molecule has 114 valence electrons. The smallest absolute Gasteiger partial charge is 0.0478 e. The molecule has 3 unspecified atom stereocenters. The zero-order chi connectivity index (χ0) is 14.1. The summed E-state index contributed by atoms with van der Waals surface area (Å²) < 4.78 is 5.65. The summed E-state index contributed by atoms with van der Waals surface area (Å²) in [5.74, 6) is 0.774. The fourth-order valence-electron chi connectivity index (χ4n) is 2.64. The molecule has 3 nitrogen and oxygen atoms in total. The van der Waals surface area contributed by atoms with Gasteiger partial charge in [0.05, 0.1) is 0 Å². The van der Waals surface area contributed by atoms with E-state index in [9.17, 15) is 0 Å². The molecule has 0 amide bonds. The molecule has 0 aromatic heterocycles. The normalized spacial score (nSPS) is 26.5. The molecule has 0 radical (unpaired) electrons. The van der Waals surface area contributed by atoms with E-state index in [0.717, 1.165) is 25.7 Å². The molecule has 0 aliphatic carbocycles. The lowest BCUT2D eigenvalue weighted by Gasteiger charge is -2.41. The van der Waals surface area contributed by atoms with Crippen molar-refractivity contribution in [2.75, 3.05) is 32.8 Å². The van der Waals surface area contributed by atoms with Crippen LogP contribution in [0.2, 0.25) is 0 Å². The molecule has 0 saturated carbocycles. The van der Waals surface area contributed by atoms with Crippen LogP contribution in [0.15, 0.2) is 0 Å². The molecule has 1 heterocycles. The molecule has 1 aliphatic rings. The standard InChI is InChI=1S/C16H34N2O/c1-5-7-10-19-11-8-9-18-13-16(14(3)6-2)17-12-15(18)4/h14-17H,5-13H2,1-4H3. The maximum atomic E-state index is 5.65. The summed E-state index contributed by atoms with van der Waals surface area (Å²) in [6.45, 7) is 14.6. The Balaban J connectivity index is 2.19. The summed E-state index contributed by atoms with van der Waals surface area (Å²) in [6, 6.07) is 1.33. The van der Waals surface area contributed by atoms with Gasteiger partial charge in [0.15, 0.2) is 0 Å². The first-order chi connectivity index (χ1) is 9.19. The van der Waals surface area contributed by atoms with Crippen LogP contribution < -0.4 is 5.32 Å². The summed E-state index contributed by atoms with van der Waals surface area (Å²) in [7, 11) is 0. The summed E-state index contributed by atoms with van der Waals surface area (Å²) in [5.41, 5.74) is 0. The second-order valence-electron chi connectivity index (χ2n) is 6.06. The number of hydrogen-bond donors (Lipinski definition) is 1. The average Bonchev–Trinajstić information content (AvgIpc) is 2.43. The Labute approximate surface area is 120 Å². The first-order valence-corrected chi connectivity index (χ1v) is 8.24. The van der Waals surface area contributed by atoms with Gasteiger partial charge in [-0.1, -0.05) is 33.6 Å². The van der Waals surface area contributed by atoms with E-state index in [1.165, 1.54) is 38.8 Å². The van der Waals surface area contributed by atoms with Crippen LogP contribution in [-0.2, 0) is 4.74 Å². The molecule has 0 aromatic rings. The van der Waals surface area contributed by atoms with Gasteiger partial charge < -0.3 is 10.1 Å². The molecule has 1 aliphatic heterocycles. The topological polar surface area (TPSA) is 24.5 Å². The highest BCUT2D eigenvalue weighted by molar-refractivity contribution is 4.86. The molecule has 0 spiro atoms. The van der Waals surface area contributed by atoms with Crippen molar-refractivity contribution in [1.29, 1.82) is 0 Å². The third-order valence-corrected chi connectivity index (χ3v) is 4.44. The van der Waals surface area contributed by atoms with Crippen LogP contribution in [0.4, 0.5) is 0 Å². The van der Waals surface area contributed by atoms with Gasteiger partial charge in [-0.15, -0.1) is 0 Å². The predicted octanol–water partition coefficient (Wildman–Crippen LogP) is 2.90. The van der Waals surface area contributed by atoms with Crippen molar-refractivity contribution in [3.05, 3.63) is 0 Å². The lowest BCUT2D eigenvalue weighted by atomic mass is 9.95. The molecule has 3 heteroatoms. The fraction of sp³-hybridized carbons (Fsp3) is 1.00. The van der Waals surface area contributed by atoms with Crippen LogP contribution in [0.1, 0.15) is 53.4 Å². The fourth-order valence-corrected chi connectivity index (χ4v) is 2.64. The SMILES string of the molecule is CCCCOCCCN1CC(C(C)CC)NCC1C. The molecule has 0 aromatic carbocycles. The average molecular weight is 270 g/mol. The molecular weight excluding hydrogens is 236 g/mol. The minimum atomic E-state index is 0.663. The third kappa shape index (κ3) is 6.24. The number of nitrogens with zero attached hydrogens (tertiary/aromatic N) is 1. The van der Waals surface area contributed by atoms with Crippen molar-refractivity contribution in [3.63, 3.8) is 0 Å². The van der Waals surface area contributed by atoms with Gasteiger partial charge in [0.1, 0.15) is 0 Å². The van der Waals surface area contributed by atoms with Crippen LogP contribution in [-0.4, -0.2) is 49.8 Å². The highest BCUT2D eigenvalue weighted by atomic mass is 16.5. The Bertz CT molecular complexity index is 223. The number of rotatable bonds is 9. The van der Waals surface area contributed by atoms with Gasteiger partial charge in [-0.2, -0.15) is 0 Å². The quantitative estimate of drug-likeness (QED) is 0.652. The Hall–Kier alpha value is -0.120. The highest BCUT2D eigenvalue weighted by Gasteiger charge is 2.26. The molecule has 1 saturated heterocycles. The third-order valence-electron chi connectivity index (χ3n) is 4.44. The van der Waals surface area contributed by atoms with Crippen LogP contribution in [0.25, 0.3) is 0 Å². The van der Waals surface area contributed by atoms with Gasteiger partial charge in [-0.25, -0.2) is 0 Å². The summed E-state index contributed by atoms with van der Waals surface area (Å²) >= 11 is 0. The van der Waals surface area contributed by atoms with Crippen LogP contribution >= 0.6 is 0 Å². The predicted molar refractivity (Wildman–Crippen MR) is 82.6 cm³/mol. The van der Waals surface area contributed by atoms with E-state index < -0.39 is 0 Å². The number of ether oxygens (including phenoxy) is 1. The molecule has 19 heavy (non-hydrogen) atoms. The lowest BCUT2D eigenvalue weighted by molar-refractivity contribution is 0.0871. The second kappa shape index (κ2) is 9.73. The largest absolute Gasteiger partial charge is 0.381 e. The van der Waals surface area contributed by atoms with E-state index in [0.29, 0.717) is 12.1 Å². The molecule has 1 fully saturated rings. The molecule has 0 bridgehead atoms. The molecular formula is C16H34N2O. The summed E-state index contributed by atoms with van der Waals surface area (Å²) in [6.07, 6.45) is 4.85. The van der Waals surface area contributed by atoms with Crippen LogP contribution in [0, 0.1) is 5.92 Å². The maximum Gasteiger partial charge on any atom is 0.0478 e. The van der Waals surface area contributed by atoms with E-state index in [1.807, 2.05) is 0 Å². The minimum Gasteiger partial charge on any atom is -0.381 e. The minimum absolute atomic E-state index is 0.663. The van der Waals surface area contributed by atoms with E-state index in [1.54, 1.807) is 0 Å². The van der Waals surface area contributed by atoms with Crippen LogP contribution in [0.3, 0.4) is 0 Å². The molecule has 3 atom stereocenters. The second-order valence-corrected chi connectivity index (χ2v) is 6.06. The van der Waals surface area contributed by atoms with Crippen molar-refractivity contribution in [1.82, 2.24) is 10.2 Å². The zero-order valence-electron chi connectivity index (χ0n) is 13.5. The van der Waals surface area contributed by atoms with E-state index in [-0.39, 0.29) is 0 Å². The zero-order valence-corrected chi connectivity index (χ0v) is 13.5. The Morgan fingerprint density at radius 1 is 1.26 bits per heavy atom. The number of hydrogen-bond acceptors (Lipinski definition) is 3. The number of unbranched alkanes of at least 4 members (excludes halogenated alkanes) is 1. The first kappa shape index (κ1) is 16.9. The summed E-state index contributed by atoms with van der Waals surface area (Å²) in [4.78, 5) is 2.64. The van der Waals surface area contributed by atoms with Gasteiger partial charge in [0, 0.05) is 44.9 Å². The molecule has 1 N–H and O–H groups in total. The van der Waals surface area contributed by atoms with Gasteiger partial charge in [0.25, 0.3) is 0 Å². The van der Waals surface area contributed by atoms with Gasteiger partial charge >= 0.3 is 0 Å². The van der Waals surface area contributed by atoms with Gasteiger partial charge in [-0.3, -0.25) is 4.90 Å². The monoisotopic (exact) mass is 270 g/mol. The van der Waals surface area contributed by atoms with Crippen molar-refractivity contribution >= 4 is 0 Å². The van der Waals surface area contributed by atoms with E-state index >= 15 is 0 Å². The van der Waals surface area contributed by atoms with Crippen molar-refractivity contribution in [2.45, 2.75) is 65.5 Å². The van der Waals surface area contributed by atoms with Crippen molar-refractivity contribution in [3.8, 4) is 0 Å². The summed E-state index contributed by atoms with van der Waals surface area (Å²) in [5, 5.41) is 3.69. The van der Waals surface area contributed by atoms with E-state index in [4.69, 9.17) is 4.74 Å². The van der Waals surface area contributed by atoms with Gasteiger partial charge in [0.2, 0.25) is 0 Å². The number of piperazine rings is 1. The Kier molecular flexibility index (Phi) is 8.67. The lowest BCUT2D eigenvalue weighted by Crippen LogP contribution is -2.57. The van der Waals surface area contributed by atoms with E-state index in [2.05, 4.69) is 37.9 Å². The Morgan fingerprint density at radius 3 is 2.68 bits per heavy atom. The van der Waals surface area contributed by atoms with Crippen molar-refractivity contribution < 1.29 is 4.74 Å².